The van der Waals surface area contributed by atoms with Crippen molar-refractivity contribution in [1.82, 2.24) is 14.5 Å². The summed E-state index contributed by atoms with van der Waals surface area (Å²) >= 11 is 3.40. The number of rotatable bonds is 5. The molecular weight excluding hydrogens is 501 g/mol. The standard InChI is InChI=1S/C25H25BrFN5O2/c1-2-25(7-5-13-3-4-14-10-16(26)24(29)31-18(14)9-13)11-19(21(33)22(25)34)32-8-6-15-20(32)17(27)12-30-23(15)28/h2-4,6,8-10,12,19,21-22,33-34H,1,5,7,11H2,(H2,28,30)(H2,29,31)/t19-,21+,22+,25+/m1/s1. The van der Waals surface area contributed by atoms with Crippen molar-refractivity contribution in [2.24, 2.45) is 5.41 Å². The fraction of sp³-hybridized carbons (Fsp3) is 0.280. The second-order valence-corrected chi connectivity index (χ2v) is 9.86. The van der Waals surface area contributed by atoms with Gasteiger partial charge in [-0.25, -0.2) is 14.4 Å². The van der Waals surface area contributed by atoms with Gasteiger partial charge in [0, 0.05) is 22.4 Å². The summed E-state index contributed by atoms with van der Waals surface area (Å²) in [7, 11) is 0. The van der Waals surface area contributed by atoms with Crippen LogP contribution in [0, 0.1) is 11.2 Å². The normalized spacial score (nSPS) is 24.8. The van der Waals surface area contributed by atoms with Crippen LogP contribution in [0.4, 0.5) is 16.0 Å². The molecule has 5 rings (SSSR count). The predicted molar refractivity (Wildman–Crippen MR) is 135 cm³/mol. The number of aromatic nitrogens is 3. The highest BCUT2D eigenvalue weighted by molar-refractivity contribution is 9.10. The van der Waals surface area contributed by atoms with Crippen LogP contribution in [0.15, 0.2) is 59.9 Å². The van der Waals surface area contributed by atoms with E-state index in [1.54, 1.807) is 22.9 Å². The fourth-order valence-corrected chi connectivity index (χ4v) is 5.51. The molecule has 1 aromatic carbocycles. The van der Waals surface area contributed by atoms with Gasteiger partial charge in [-0.15, -0.1) is 6.58 Å². The number of nitrogen functional groups attached to an aromatic ring is 2. The second kappa shape index (κ2) is 8.33. The molecule has 0 radical (unpaired) electrons. The van der Waals surface area contributed by atoms with Gasteiger partial charge in [-0.2, -0.15) is 0 Å². The van der Waals surface area contributed by atoms with Crippen LogP contribution >= 0.6 is 15.9 Å². The van der Waals surface area contributed by atoms with E-state index in [4.69, 9.17) is 11.5 Å². The van der Waals surface area contributed by atoms with E-state index < -0.39 is 29.5 Å². The summed E-state index contributed by atoms with van der Waals surface area (Å²) in [4.78, 5) is 8.30. The van der Waals surface area contributed by atoms with Gasteiger partial charge in [-0.1, -0.05) is 18.2 Å². The van der Waals surface area contributed by atoms with E-state index in [-0.39, 0.29) is 11.3 Å². The first-order valence-electron chi connectivity index (χ1n) is 11.0. The molecule has 34 heavy (non-hydrogen) atoms. The van der Waals surface area contributed by atoms with Gasteiger partial charge in [0.25, 0.3) is 0 Å². The van der Waals surface area contributed by atoms with Crippen molar-refractivity contribution in [2.45, 2.75) is 37.5 Å². The molecule has 1 aliphatic carbocycles. The van der Waals surface area contributed by atoms with E-state index >= 15 is 0 Å². The molecule has 0 bridgehead atoms. The molecule has 0 unspecified atom stereocenters. The molecule has 3 heterocycles. The fourth-order valence-electron chi connectivity index (χ4n) is 5.17. The molecule has 0 saturated heterocycles. The summed E-state index contributed by atoms with van der Waals surface area (Å²) < 4.78 is 17.0. The molecule has 0 aliphatic heterocycles. The number of anilines is 2. The van der Waals surface area contributed by atoms with Gasteiger partial charge in [0.1, 0.15) is 17.7 Å². The molecule has 9 heteroatoms. The number of pyridine rings is 2. The number of hydrogen-bond donors (Lipinski definition) is 4. The lowest BCUT2D eigenvalue weighted by Gasteiger charge is -2.29. The Balaban J connectivity index is 1.44. The molecule has 4 atom stereocenters. The van der Waals surface area contributed by atoms with Gasteiger partial charge >= 0.3 is 0 Å². The quantitative estimate of drug-likeness (QED) is 0.290. The second-order valence-electron chi connectivity index (χ2n) is 9.00. The van der Waals surface area contributed by atoms with Crippen molar-refractivity contribution < 1.29 is 14.6 Å². The molecule has 0 spiro atoms. The smallest absolute Gasteiger partial charge is 0.165 e. The lowest BCUT2D eigenvalue weighted by molar-refractivity contribution is -0.0143. The molecule has 1 aliphatic rings. The van der Waals surface area contributed by atoms with Gasteiger partial charge in [-0.05, 0) is 59.0 Å². The van der Waals surface area contributed by atoms with Crippen molar-refractivity contribution >= 4 is 49.4 Å². The highest BCUT2D eigenvalue weighted by Gasteiger charge is 2.51. The number of benzene rings is 1. The van der Waals surface area contributed by atoms with E-state index in [0.717, 1.165) is 27.1 Å². The average Bonchev–Trinajstić information content (AvgIpc) is 3.37. The molecule has 176 valence electrons. The van der Waals surface area contributed by atoms with Gasteiger partial charge in [-0.3, -0.25) is 0 Å². The highest BCUT2D eigenvalue weighted by Crippen LogP contribution is 2.49. The van der Waals surface area contributed by atoms with Crippen LogP contribution in [0.2, 0.25) is 0 Å². The zero-order valence-corrected chi connectivity index (χ0v) is 19.9. The van der Waals surface area contributed by atoms with Crippen LogP contribution in [-0.4, -0.2) is 37.0 Å². The zero-order valence-electron chi connectivity index (χ0n) is 18.3. The van der Waals surface area contributed by atoms with Crippen LogP contribution in [0.5, 0.6) is 0 Å². The summed E-state index contributed by atoms with van der Waals surface area (Å²) in [6.07, 6.45) is 3.90. The van der Waals surface area contributed by atoms with Crippen LogP contribution in [0.1, 0.15) is 24.4 Å². The Bertz CT molecular complexity index is 1420. The summed E-state index contributed by atoms with van der Waals surface area (Å²) in [5, 5.41) is 23.5. The molecule has 1 saturated carbocycles. The number of hydrogen-bond acceptors (Lipinski definition) is 6. The molecule has 7 nitrogen and oxygen atoms in total. The lowest BCUT2D eigenvalue weighted by atomic mass is 9.78. The number of aliphatic hydroxyl groups is 2. The highest BCUT2D eigenvalue weighted by atomic mass is 79.9. The maximum Gasteiger partial charge on any atom is 0.165 e. The first-order valence-corrected chi connectivity index (χ1v) is 11.8. The van der Waals surface area contributed by atoms with Gasteiger partial charge in [0.15, 0.2) is 5.82 Å². The van der Waals surface area contributed by atoms with E-state index in [0.29, 0.717) is 30.5 Å². The number of aryl methyl sites for hydroxylation is 1. The molecule has 6 N–H and O–H groups in total. The molecular formula is C25H25BrFN5O2. The van der Waals surface area contributed by atoms with Gasteiger partial charge in [0.05, 0.1) is 33.8 Å². The molecule has 1 fully saturated rings. The summed E-state index contributed by atoms with van der Waals surface area (Å²) in [5.41, 5.74) is 13.2. The molecule has 4 aromatic rings. The summed E-state index contributed by atoms with van der Waals surface area (Å²) in [6.45, 7) is 3.97. The van der Waals surface area contributed by atoms with Crippen LogP contribution in [-0.2, 0) is 6.42 Å². The predicted octanol–water partition coefficient (Wildman–Crippen LogP) is 4.12. The van der Waals surface area contributed by atoms with Crippen molar-refractivity contribution in [3.8, 4) is 0 Å². The minimum absolute atomic E-state index is 0.218. The lowest BCUT2D eigenvalue weighted by Crippen LogP contribution is -2.35. The van der Waals surface area contributed by atoms with Gasteiger partial charge in [0.2, 0.25) is 0 Å². The van der Waals surface area contributed by atoms with E-state index in [1.807, 2.05) is 24.3 Å². The average molecular weight is 526 g/mol. The van der Waals surface area contributed by atoms with Crippen molar-refractivity contribution in [2.75, 3.05) is 11.5 Å². The minimum Gasteiger partial charge on any atom is -0.389 e. The number of aliphatic hydroxyl groups excluding tert-OH is 2. The number of nitrogens with zero attached hydrogens (tertiary/aromatic N) is 3. The Morgan fingerprint density at radius 2 is 2.03 bits per heavy atom. The number of nitrogens with two attached hydrogens (primary N) is 2. The SMILES string of the molecule is C=C[C@]1(CCc2ccc3cc(Br)c(N)nc3c2)C[C@@H](n2ccc3c(N)ncc(F)c32)[C@H](O)[C@@H]1O. The van der Waals surface area contributed by atoms with Crippen molar-refractivity contribution in [3.05, 3.63) is 71.2 Å². The Labute approximate surface area is 204 Å². The minimum atomic E-state index is -1.10. The Hall–Kier alpha value is -3.01. The maximum absolute atomic E-state index is 14.6. The zero-order chi connectivity index (χ0) is 24.2. The molecule has 0 amide bonds. The number of fused-ring (bicyclic) bond motifs is 2. The van der Waals surface area contributed by atoms with Crippen molar-refractivity contribution in [3.63, 3.8) is 0 Å². The first-order chi connectivity index (χ1) is 16.2. The van der Waals surface area contributed by atoms with Gasteiger partial charge < -0.3 is 26.2 Å². The number of halogens is 2. The third-order valence-corrected chi connectivity index (χ3v) is 7.77. The van der Waals surface area contributed by atoms with Crippen LogP contribution < -0.4 is 11.5 Å². The third kappa shape index (κ3) is 3.55. The van der Waals surface area contributed by atoms with Crippen molar-refractivity contribution in [1.29, 1.82) is 0 Å². The van der Waals surface area contributed by atoms with Crippen LogP contribution in [0.3, 0.4) is 0 Å². The topological polar surface area (TPSA) is 123 Å². The Morgan fingerprint density at radius 3 is 2.79 bits per heavy atom. The van der Waals surface area contributed by atoms with Crippen LogP contribution in [0.25, 0.3) is 21.8 Å². The first kappa shape index (κ1) is 22.8. The Morgan fingerprint density at radius 1 is 1.24 bits per heavy atom. The van der Waals surface area contributed by atoms with E-state index in [9.17, 15) is 14.6 Å². The monoisotopic (exact) mass is 525 g/mol. The maximum atomic E-state index is 14.6. The Kier molecular flexibility index (Phi) is 5.58. The summed E-state index contributed by atoms with van der Waals surface area (Å²) in [6, 6.07) is 9.05. The largest absolute Gasteiger partial charge is 0.389 e. The van der Waals surface area contributed by atoms with E-state index in [2.05, 4.69) is 32.5 Å². The molecule has 3 aromatic heterocycles. The van der Waals surface area contributed by atoms with E-state index in [1.165, 1.54) is 0 Å². The summed E-state index contributed by atoms with van der Waals surface area (Å²) in [5.74, 6) is 0.115. The third-order valence-electron chi connectivity index (χ3n) is 7.14.